The summed E-state index contributed by atoms with van der Waals surface area (Å²) in [5.41, 5.74) is 2.35. The molecule has 2 rings (SSSR count). The molecule has 2 heterocycles. The van der Waals surface area contributed by atoms with Crippen LogP contribution in [0.5, 0.6) is 0 Å². The van der Waals surface area contributed by atoms with Crippen LogP contribution in [0.2, 0.25) is 0 Å². The van der Waals surface area contributed by atoms with Crippen molar-refractivity contribution in [2.45, 2.75) is 26.9 Å². The largest absolute Gasteiger partial charge is 0.350 e. The monoisotopic (exact) mass is 420 g/mol. The summed E-state index contributed by atoms with van der Waals surface area (Å²) in [7, 11) is 3.40. The van der Waals surface area contributed by atoms with Crippen molar-refractivity contribution in [3.8, 4) is 0 Å². The maximum absolute atomic E-state index is 11.9. The Kier molecular flexibility index (Phi) is 9.85. The second-order valence-electron chi connectivity index (χ2n) is 6.44. The first-order valence-electron chi connectivity index (χ1n) is 9.22. The SMILES string of the molecule is Cc1cc[n+](CC(=O)NCCSSCCNC(=O)C[n+]2ccc(C)cc2)cc1. The minimum absolute atomic E-state index is 0.0142. The van der Waals surface area contributed by atoms with E-state index in [-0.39, 0.29) is 11.8 Å². The van der Waals surface area contributed by atoms with E-state index in [1.165, 1.54) is 11.1 Å². The quantitative estimate of drug-likeness (QED) is 0.326. The van der Waals surface area contributed by atoms with Gasteiger partial charge in [-0.2, -0.15) is 9.13 Å². The highest BCUT2D eigenvalue weighted by Crippen LogP contribution is 2.19. The number of aryl methyl sites for hydroxylation is 2. The van der Waals surface area contributed by atoms with Crippen molar-refractivity contribution < 1.29 is 18.7 Å². The Bertz CT molecular complexity index is 686. The molecule has 0 aliphatic heterocycles. The summed E-state index contributed by atoms with van der Waals surface area (Å²) in [5, 5.41) is 5.84. The van der Waals surface area contributed by atoms with Gasteiger partial charge in [0.2, 0.25) is 13.1 Å². The van der Waals surface area contributed by atoms with Crippen LogP contribution in [0.4, 0.5) is 0 Å². The third-order valence-corrected chi connectivity index (χ3v) is 6.27. The number of hydrogen-bond acceptors (Lipinski definition) is 4. The van der Waals surface area contributed by atoms with E-state index in [9.17, 15) is 9.59 Å². The van der Waals surface area contributed by atoms with Crippen LogP contribution in [0.15, 0.2) is 49.1 Å². The predicted octanol–water partition coefficient (Wildman–Crippen LogP) is 1.19. The maximum atomic E-state index is 11.9. The molecule has 6 nitrogen and oxygen atoms in total. The minimum Gasteiger partial charge on any atom is -0.350 e. The van der Waals surface area contributed by atoms with Crippen molar-refractivity contribution in [1.82, 2.24) is 10.6 Å². The van der Waals surface area contributed by atoms with Crippen molar-refractivity contribution in [1.29, 1.82) is 0 Å². The average Bonchev–Trinajstić information content (AvgIpc) is 2.67. The fourth-order valence-corrected chi connectivity index (χ4v) is 4.11. The van der Waals surface area contributed by atoms with Crippen LogP contribution in [0, 0.1) is 13.8 Å². The van der Waals surface area contributed by atoms with Crippen LogP contribution >= 0.6 is 21.6 Å². The number of rotatable bonds is 11. The fourth-order valence-electron chi connectivity index (χ4n) is 2.30. The zero-order valence-electron chi connectivity index (χ0n) is 16.4. The normalized spacial score (nSPS) is 10.5. The van der Waals surface area contributed by atoms with E-state index in [0.29, 0.717) is 26.2 Å². The lowest BCUT2D eigenvalue weighted by Gasteiger charge is -2.04. The fraction of sp³-hybridized carbons (Fsp3) is 0.400. The van der Waals surface area contributed by atoms with E-state index in [2.05, 4.69) is 10.6 Å². The van der Waals surface area contributed by atoms with Gasteiger partial charge in [-0.25, -0.2) is 0 Å². The molecule has 8 heteroatoms. The van der Waals surface area contributed by atoms with E-state index in [0.717, 1.165) is 11.5 Å². The summed E-state index contributed by atoms with van der Waals surface area (Å²) in [5.74, 6) is 1.70. The Morgan fingerprint density at radius 3 is 1.46 bits per heavy atom. The molecule has 150 valence electrons. The first-order chi connectivity index (χ1) is 13.5. The number of nitrogens with zero attached hydrogens (tertiary/aromatic N) is 2. The molecule has 0 saturated heterocycles. The van der Waals surface area contributed by atoms with Crippen molar-refractivity contribution in [2.75, 3.05) is 24.6 Å². The second-order valence-corrected chi connectivity index (χ2v) is 9.14. The molecule has 0 aromatic carbocycles. The van der Waals surface area contributed by atoms with E-state index >= 15 is 0 Å². The summed E-state index contributed by atoms with van der Waals surface area (Å²) >= 11 is 0. The number of carbonyl (C=O) groups is 2. The molecule has 0 aliphatic rings. The van der Waals surface area contributed by atoms with Crippen molar-refractivity contribution in [3.05, 3.63) is 60.2 Å². The minimum atomic E-state index is 0.0142. The molecule has 0 radical (unpaired) electrons. The molecule has 28 heavy (non-hydrogen) atoms. The molecule has 0 bridgehead atoms. The summed E-state index contributed by atoms with van der Waals surface area (Å²) in [6.07, 6.45) is 7.63. The van der Waals surface area contributed by atoms with E-state index in [1.54, 1.807) is 21.6 Å². The number of aromatic nitrogens is 2. The van der Waals surface area contributed by atoms with Gasteiger partial charge >= 0.3 is 0 Å². The molecule has 0 fully saturated rings. The Hall–Kier alpha value is -2.06. The molecule has 0 spiro atoms. The average molecular weight is 421 g/mol. The summed E-state index contributed by atoms with van der Waals surface area (Å²) < 4.78 is 3.73. The Morgan fingerprint density at radius 1 is 0.750 bits per heavy atom. The molecule has 0 unspecified atom stereocenters. The molecule has 2 aromatic rings. The zero-order valence-corrected chi connectivity index (χ0v) is 18.0. The van der Waals surface area contributed by atoms with Crippen molar-refractivity contribution in [2.24, 2.45) is 0 Å². The zero-order chi connectivity index (χ0) is 20.2. The van der Waals surface area contributed by atoms with Crippen molar-refractivity contribution in [3.63, 3.8) is 0 Å². The summed E-state index contributed by atoms with van der Waals surface area (Å²) in [4.78, 5) is 23.8. The Morgan fingerprint density at radius 2 is 1.11 bits per heavy atom. The number of nitrogens with one attached hydrogen (secondary N) is 2. The lowest BCUT2D eigenvalue weighted by Crippen LogP contribution is -2.43. The Labute approximate surface area is 174 Å². The lowest BCUT2D eigenvalue weighted by atomic mass is 10.3. The third-order valence-electron chi connectivity index (χ3n) is 3.87. The molecule has 0 atom stereocenters. The molecule has 2 aromatic heterocycles. The van der Waals surface area contributed by atoms with E-state index < -0.39 is 0 Å². The van der Waals surface area contributed by atoms with Crippen LogP contribution in [-0.2, 0) is 22.7 Å². The van der Waals surface area contributed by atoms with Gasteiger partial charge in [0, 0.05) is 48.9 Å². The van der Waals surface area contributed by atoms with E-state index in [1.807, 2.05) is 72.0 Å². The van der Waals surface area contributed by atoms with Crippen LogP contribution in [0.25, 0.3) is 0 Å². The van der Waals surface area contributed by atoms with Gasteiger partial charge in [-0.15, -0.1) is 0 Å². The molecule has 2 N–H and O–H groups in total. The Balaban J connectivity index is 1.45. The van der Waals surface area contributed by atoms with Gasteiger partial charge in [-0.05, 0) is 25.0 Å². The number of pyridine rings is 2. The predicted molar refractivity (Wildman–Crippen MR) is 114 cm³/mol. The van der Waals surface area contributed by atoms with Gasteiger partial charge in [-0.1, -0.05) is 21.6 Å². The number of carbonyl (C=O) groups excluding carboxylic acids is 2. The van der Waals surface area contributed by atoms with Gasteiger partial charge in [-0.3, -0.25) is 9.59 Å². The van der Waals surface area contributed by atoms with Crippen molar-refractivity contribution >= 4 is 33.4 Å². The van der Waals surface area contributed by atoms with Gasteiger partial charge in [0.25, 0.3) is 11.8 Å². The molecular weight excluding hydrogens is 392 g/mol. The summed E-state index contributed by atoms with van der Waals surface area (Å²) in [6, 6.07) is 7.94. The van der Waals surface area contributed by atoms with Gasteiger partial charge in [0.1, 0.15) is 0 Å². The van der Waals surface area contributed by atoms with Crippen LogP contribution in [0.1, 0.15) is 11.1 Å². The van der Waals surface area contributed by atoms with Crippen LogP contribution < -0.4 is 19.8 Å². The topological polar surface area (TPSA) is 66.0 Å². The third kappa shape index (κ3) is 9.23. The maximum Gasteiger partial charge on any atom is 0.286 e. The molecule has 0 aliphatic carbocycles. The molecular formula is C20H28N4O2S2+2. The molecule has 2 amide bonds. The van der Waals surface area contributed by atoms with Crippen LogP contribution in [-0.4, -0.2) is 36.4 Å². The smallest absolute Gasteiger partial charge is 0.286 e. The number of hydrogen-bond donors (Lipinski definition) is 2. The summed E-state index contributed by atoms with van der Waals surface area (Å²) in [6.45, 7) is 5.99. The lowest BCUT2D eigenvalue weighted by molar-refractivity contribution is -0.684. The standard InChI is InChI=1S/C20H26N4O2S2/c1-17-3-9-23(10-4-17)15-19(25)21-7-13-27-28-14-8-22-20(26)16-24-11-5-18(2)6-12-24/h3-6,9-12H,7-8,13-16H2,1-2H3/p+2. The highest BCUT2D eigenvalue weighted by Gasteiger charge is 2.09. The van der Waals surface area contributed by atoms with Gasteiger partial charge in [0.05, 0.1) is 0 Å². The first-order valence-corrected chi connectivity index (χ1v) is 11.7. The second kappa shape index (κ2) is 12.4. The van der Waals surface area contributed by atoms with Crippen LogP contribution in [0.3, 0.4) is 0 Å². The highest BCUT2D eigenvalue weighted by atomic mass is 33.1. The highest BCUT2D eigenvalue weighted by molar-refractivity contribution is 8.76. The first kappa shape index (κ1) is 22.2. The van der Waals surface area contributed by atoms with Gasteiger partial charge < -0.3 is 10.6 Å². The number of amides is 2. The van der Waals surface area contributed by atoms with E-state index in [4.69, 9.17) is 0 Å². The van der Waals surface area contributed by atoms with Gasteiger partial charge in [0.15, 0.2) is 24.8 Å². The molecule has 0 saturated carbocycles.